The summed E-state index contributed by atoms with van der Waals surface area (Å²) >= 11 is 0. The van der Waals surface area contributed by atoms with Gasteiger partial charge in [0.25, 0.3) is 5.56 Å². The number of hydrogen-bond donors (Lipinski definition) is 1. The summed E-state index contributed by atoms with van der Waals surface area (Å²) in [5.74, 6) is 0.557. The Labute approximate surface area is 116 Å². The summed E-state index contributed by atoms with van der Waals surface area (Å²) in [5, 5.41) is 3.46. The Morgan fingerprint density at radius 2 is 2.20 bits per heavy atom. The van der Waals surface area contributed by atoms with Gasteiger partial charge in [0.05, 0.1) is 21.8 Å². The van der Waals surface area contributed by atoms with Crippen LogP contribution in [0.3, 0.4) is 0 Å². The molecule has 1 aliphatic heterocycles. The van der Waals surface area contributed by atoms with E-state index in [1.807, 2.05) is 4.57 Å². The first-order chi connectivity index (χ1) is 9.41. The standard InChI is InChI=1S/C13H15N3O3S/c1-3-8-7-14-13-15-12(17)10-6-9(20(2,18)19)4-5-11(10)16(8)13/h4-6,8H,3,7H2,1-2H3,(H,14,15,17)/t8-/m1/s1. The highest BCUT2D eigenvalue weighted by Gasteiger charge is 2.24. The molecule has 1 aliphatic rings. The number of anilines is 1. The summed E-state index contributed by atoms with van der Waals surface area (Å²) in [7, 11) is -3.34. The molecule has 1 atom stereocenters. The Kier molecular flexibility index (Phi) is 2.82. The Hall–Kier alpha value is -1.89. The maximum atomic E-state index is 12.1. The van der Waals surface area contributed by atoms with Gasteiger partial charge in [0.1, 0.15) is 0 Å². The SMILES string of the molecule is CC[C@@H]1CNc2nc(=O)c3cc(S(C)(=O)=O)ccc3n21. The van der Waals surface area contributed by atoms with E-state index >= 15 is 0 Å². The number of aromatic nitrogens is 2. The van der Waals surface area contributed by atoms with E-state index in [2.05, 4.69) is 17.2 Å². The maximum absolute atomic E-state index is 12.1. The van der Waals surface area contributed by atoms with Crippen LogP contribution >= 0.6 is 0 Å². The van der Waals surface area contributed by atoms with Gasteiger partial charge in [-0.05, 0) is 24.6 Å². The predicted molar refractivity (Wildman–Crippen MR) is 76.9 cm³/mol. The molecule has 0 bridgehead atoms. The van der Waals surface area contributed by atoms with E-state index in [-0.39, 0.29) is 10.9 Å². The molecule has 7 heteroatoms. The second-order valence-corrected chi connectivity index (χ2v) is 7.02. The Bertz CT molecular complexity index is 855. The van der Waals surface area contributed by atoms with Crippen molar-refractivity contribution >= 4 is 26.7 Å². The van der Waals surface area contributed by atoms with Crippen LogP contribution in [0.15, 0.2) is 27.9 Å². The number of rotatable bonds is 2. The molecular weight excluding hydrogens is 278 g/mol. The molecule has 0 aliphatic carbocycles. The van der Waals surface area contributed by atoms with Crippen LogP contribution in [-0.4, -0.2) is 30.8 Å². The lowest BCUT2D eigenvalue weighted by molar-refractivity contribution is 0.564. The smallest absolute Gasteiger partial charge is 0.282 e. The van der Waals surface area contributed by atoms with E-state index in [4.69, 9.17) is 0 Å². The average molecular weight is 293 g/mol. The minimum atomic E-state index is -3.34. The Morgan fingerprint density at radius 1 is 1.45 bits per heavy atom. The third-order valence-corrected chi connectivity index (χ3v) is 4.76. The molecule has 0 amide bonds. The molecule has 1 N–H and O–H groups in total. The normalized spacial score (nSPS) is 18.0. The van der Waals surface area contributed by atoms with Gasteiger partial charge >= 0.3 is 0 Å². The topological polar surface area (TPSA) is 81.1 Å². The summed E-state index contributed by atoms with van der Waals surface area (Å²) < 4.78 is 25.2. The first kappa shape index (κ1) is 13.1. The zero-order valence-electron chi connectivity index (χ0n) is 11.3. The number of hydrogen-bond acceptors (Lipinski definition) is 5. The maximum Gasteiger partial charge on any atom is 0.282 e. The number of fused-ring (bicyclic) bond motifs is 3. The van der Waals surface area contributed by atoms with Gasteiger partial charge in [-0.15, -0.1) is 0 Å². The molecule has 0 fully saturated rings. The van der Waals surface area contributed by atoms with Crippen molar-refractivity contribution in [3.05, 3.63) is 28.6 Å². The molecule has 3 rings (SSSR count). The fourth-order valence-corrected chi connectivity index (χ4v) is 3.22. The van der Waals surface area contributed by atoms with E-state index in [1.54, 1.807) is 6.07 Å². The van der Waals surface area contributed by atoms with Gasteiger partial charge < -0.3 is 9.88 Å². The summed E-state index contributed by atoms with van der Waals surface area (Å²) in [4.78, 5) is 16.2. The number of nitrogens with zero attached hydrogens (tertiary/aromatic N) is 2. The van der Waals surface area contributed by atoms with Crippen molar-refractivity contribution in [2.75, 3.05) is 18.1 Å². The van der Waals surface area contributed by atoms with Crippen LogP contribution in [0.2, 0.25) is 0 Å². The van der Waals surface area contributed by atoms with Crippen molar-refractivity contribution in [3.8, 4) is 0 Å². The molecular formula is C13H15N3O3S. The van der Waals surface area contributed by atoms with E-state index in [0.717, 1.165) is 24.7 Å². The van der Waals surface area contributed by atoms with Crippen molar-refractivity contribution < 1.29 is 8.42 Å². The molecule has 0 saturated carbocycles. The second kappa shape index (κ2) is 4.31. The number of nitrogens with one attached hydrogen (secondary N) is 1. The molecule has 2 aromatic rings. The summed E-state index contributed by atoms with van der Waals surface area (Å²) in [5.41, 5.74) is 0.324. The summed E-state index contributed by atoms with van der Waals surface area (Å²) in [6, 6.07) is 4.87. The number of benzene rings is 1. The average Bonchev–Trinajstić information content (AvgIpc) is 2.80. The van der Waals surface area contributed by atoms with Crippen LogP contribution in [-0.2, 0) is 9.84 Å². The largest absolute Gasteiger partial charge is 0.353 e. The third-order valence-electron chi connectivity index (χ3n) is 3.65. The molecule has 6 nitrogen and oxygen atoms in total. The van der Waals surface area contributed by atoms with Gasteiger partial charge in [-0.2, -0.15) is 4.98 Å². The molecule has 106 valence electrons. The number of sulfone groups is 1. The van der Waals surface area contributed by atoms with Crippen molar-refractivity contribution in [1.82, 2.24) is 9.55 Å². The van der Waals surface area contributed by atoms with Crippen LogP contribution in [0.5, 0.6) is 0 Å². The van der Waals surface area contributed by atoms with Gasteiger partial charge in [-0.1, -0.05) is 6.92 Å². The zero-order valence-corrected chi connectivity index (χ0v) is 12.1. The molecule has 0 spiro atoms. The third kappa shape index (κ3) is 1.89. The van der Waals surface area contributed by atoms with Crippen LogP contribution in [0.25, 0.3) is 10.9 Å². The first-order valence-electron chi connectivity index (χ1n) is 6.42. The highest BCUT2D eigenvalue weighted by atomic mass is 32.2. The molecule has 1 aromatic heterocycles. The van der Waals surface area contributed by atoms with Gasteiger partial charge in [0, 0.05) is 12.8 Å². The van der Waals surface area contributed by atoms with E-state index in [0.29, 0.717) is 11.3 Å². The summed E-state index contributed by atoms with van der Waals surface area (Å²) in [6.45, 7) is 2.80. The van der Waals surface area contributed by atoms with Crippen molar-refractivity contribution in [2.45, 2.75) is 24.3 Å². The van der Waals surface area contributed by atoms with Gasteiger partial charge in [0.15, 0.2) is 9.84 Å². The van der Waals surface area contributed by atoms with Crippen LogP contribution in [0.4, 0.5) is 5.95 Å². The highest BCUT2D eigenvalue weighted by Crippen LogP contribution is 2.28. The van der Waals surface area contributed by atoms with Gasteiger partial charge in [-0.25, -0.2) is 8.42 Å². The lowest BCUT2D eigenvalue weighted by Gasteiger charge is -2.14. The van der Waals surface area contributed by atoms with E-state index in [1.165, 1.54) is 12.1 Å². The lowest BCUT2D eigenvalue weighted by Crippen LogP contribution is -2.15. The van der Waals surface area contributed by atoms with Crippen molar-refractivity contribution in [2.24, 2.45) is 0 Å². The van der Waals surface area contributed by atoms with Gasteiger partial charge in [-0.3, -0.25) is 4.79 Å². The Morgan fingerprint density at radius 3 is 2.85 bits per heavy atom. The first-order valence-corrected chi connectivity index (χ1v) is 8.31. The summed E-state index contributed by atoms with van der Waals surface area (Å²) in [6.07, 6.45) is 2.04. The van der Waals surface area contributed by atoms with Gasteiger partial charge in [0.2, 0.25) is 5.95 Å². The lowest BCUT2D eigenvalue weighted by atomic mass is 10.2. The molecule has 0 unspecified atom stereocenters. The van der Waals surface area contributed by atoms with Crippen LogP contribution < -0.4 is 10.9 Å². The van der Waals surface area contributed by atoms with E-state index < -0.39 is 15.4 Å². The zero-order chi connectivity index (χ0) is 14.5. The van der Waals surface area contributed by atoms with Crippen LogP contribution in [0.1, 0.15) is 19.4 Å². The predicted octanol–water partition coefficient (Wildman–Crippen LogP) is 1.18. The monoisotopic (exact) mass is 293 g/mol. The minimum Gasteiger partial charge on any atom is -0.353 e. The van der Waals surface area contributed by atoms with E-state index in [9.17, 15) is 13.2 Å². The van der Waals surface area contributed by atoms with Crippen LogP contribution in [0, 0.1) is 0 Å². The second-order valence-electron chi connectivity index (χ2n) is 5.00. The highest BCUT2D eigenvalue weighted by molar-refractivity contribution is 7.90. The molecule has 1 aromatic carbocycles. The molecule has 2 heterocycles. The van der Waals surface area contributed by atoms with Crippen molar-refractivity contribution in [3.63, 3.8) is 0 Å². The molecule has 0 radical (unpaired) electrons. The molecule has 20 heavy (non-hydrogen) atoms. The fourth-order valence-electron chi connectivity index (χ4n) is 2.57. The fraction of sp³-hybridized carbons (Fsp3) is 0.385. The minimum absolute atomic E-state index is 0.142. The Balaban J connectivity index is 2.37. The van der Waals surface area contributed by atoms with Crippen molar-refractivity contribution in [1.29, 1.82) is 0 Å². The molecule has 0 saturated heterocycles. The quantitative estimate of drug-likeness (QED) is 0.899.